The fourth-order valence-corrected chi connectivity index (χ4v) is 3.74. The topological polar surface area (TPSA) is 92.6 Å². The first-order valence-corrected chi connectivity index (χ1v) is 11.3. The first-order valence-electron chi connectivity index (χ1n) is 11.3. The molecule has 1 N–H and O–H groups in total. The number of halogens is 3. The highest BCUT2D eigenvalue weighted by molar-refractivity contribution is 5.95. The van der Waals surface area contributed by atoms with Gasteiger partial charge in [-0.15, -0.1) is 0 Å². The van der Waals surface area contributed by atoms with E-state index in [1.54, 1.807) is 36.6 Å². The van der Waals surface area contributed by atoms with Gasteiger partial charge in [-0.3, -0.25) is 4.79 Å². The molecule has 9 nitrogen and oxygen atoms in total. The lowest BCUT2D eigenvalue weighted by molar-refractivity contribution is -0.138. The molecule has 2 aromatic heterocycles. The molecule has 192 valence electrons. The van der Waals surface area contributed by atoms with Crippen molar-refractivity contribution >= 4 is 17.9 Å². The summed E-state index contributed by atoms with van der Waals surface area (Å²) in [5, 5.41) is 2.79. The lowest BCUT2D eigenvalue weighted by Crippen LogP contribution is -2.49. The van der Waals surface area contributed by atoms with Crippen molar-refractivity contribution in [2.75, 3.05) is 31.1 Å². The van der Waals surface area contributed by atoms with Gasteiger partial charge in [0.25, 0.3) is 5.91 Å². The van der Waals surface area contributed by atoms with Gasteiger partial charge in [-0.05, 0) is 40.7 Å². The number of hydrogen-bond acceptors (Lipinski definition) is 6. The Bertz CT molecular complexity index is 1040. The predicted octanol–water partition coefficient (Wildman–Crippen LogP) is 3.48. The highest BCUT2D eigenvalue weighted by Gasteiger charge is 2.32. The third-order valence-corrected chi connectivity index (χ3v) is 5.52. The number of alkyl halides is 3. The standard InChI is InChI=1S/C23H31F3N6O3/c1-15(29-21(34)35-22(3,4)5)14-32-7-6-18(16(32)2)19(33)30-8-10-31(11-9-30)20-27-12-17(13-28-20)23(24,25)26/h6-7,12-13,15H,8-11,14H2,1-5H3,(H,29,34)/t15-/m0/s1. The molecule has 0 spiro atoms. The molecule has 1 fully saturated rings. The normalized spacial score (nSPS) is 15.7. The molecule has 0 aromatic carbocycles. The molecule has 0 aliphatic carbocycles. The molecule has 0 bridgehead atoms. The van der Waals surface area contributed by atoms with E-state index < -0.39 is 23.4 Å². The minimum Gasteiger partial charge on any atom is -0.444 e. The van der Waals surface area contributed by atoms with Crippen molar-refractivity contribution < 1.29 is 27.5 Å². The van der Waals surface area contributed by atoms with Gasteiger partial charge in [-0.2, -0.15) is 13.2 Å². The lowest BCUT2D eigenvalue weighted by Gasteiger charge is -2.34. The van der Waals surface area contributed by atoms with Crippen LogP contribution in [0, 0.1) is 6.92 Å². The van der Waals surface area contributed by atoms with Crippen LogP contribution in [-0.2, 0) is 17.5 Å². The van der Waals surface area contributed by atoms with Gasteiger partial charge in [0.1, 0.15) is 5.60 Å². The van der Waals surface area contributed by atoms with Crippen LogP contribution in [0.25, 0.3) is 0 Å². The van der Waals surface area contributed by atoms with Crippen LogP contribution in [0.15, 0.2) is 24.7 Å². The van der Waals surface area contributed by atoms with Crippen molar-refractivity contribution in [3.63, 3.8) is 0 Å². The maximum absolute atomic E-state index is 13.1. The second-order valence-corrected chi connectivity index (χ2v) is 9.56. The van der Waals surface area contributed by atoms with Crippen LogP contribution in [-0.4, -0.2) is 69.3 Å². The zero-order valence-corrected chi connectivity index (χ0v) is 20.5. The first kappa shape index (κ1) is 26.3. The SMILES string of the molecule is Cc1c(C(=O)N2CCN(c3ncc(C(F)(F)F)cn3)CC2)ccn1C[C@H](C)NC(=O)OC(C)(C)C. The number of amides is 2. The Morgan fingerprint density at radius 1 is 1.11 bits per heavy atom. The van der Waals surface area contributed by atoms with Gasteiger partial charge < -0.3 is 24.4 Å². The number of nitrogens with zero attached hydrogens (tertiary/aromatic N) is 5. The zero-order chi connectivity index (χ0) is 26.0. The van der Waals surface area contributed by atoms with E-state index >= 15 is 0 Å². The largest absolute Gasteiger partial charge is 0.444 e. The molecule has 2 aromatic rings. The molecule has 0 radical (unpaired) electrons. The molecule has 2 amide bonds. The summed E-state index contributed by atoms with van der Waals surface area (Å²) >= 11 is 0. The Kier molecular flexibility index (Phi) is 7.61. The van der Waals surface area contributed by atoms with E-state index in [2.05, 4.69) is 15.3 Å². The number of hydrogen-bond donors (Lipinski definition) is 1. The van der Waals surface area contributed by atoms with Crippen molar-refractivity contribution in [1.82, 2.24) is 24.8 Å². The summed E-state index contributed by atoms with van der Waals surface area (Å²) in [7, 11) is 0. The zero-order valence-electron chi connectivity index (χ0n) is 20.5. The van der Waals surface area contributed by atoms with Crippen molar-refractivity contribution in [2.45, 2.75) is 59.0 Å². The predicted molar refractivity (Wildman–Crippen MR) is 123 cm³/mol. The van der Waals surface area contributed by atoms with Crippen LogP contribution in [0.1, 0.15) is 49.3 Å². The van der Waals surface area contributed by atoms with Crippen LogP contribution in [0.5, 0.6) is 0 Å². The Hall–Kier alpha value is -3.31. The molecule has 0 unspecified atom stereocenters. The molecule has 0 saturated carbocycles. The molecule has 1 saturated heterocycles. The van der Waals surface area contributed by atoms with E-state index in [0.717, 1.165) is 18.1 Å². The molecule has 12 heteroatoms. The first-order chi connectivity index (χ1) is 16.2. The molecule has 3 rings (SSSR count). The summed E-state index contributed by atoms with van der Waals surface area (Å²) in [4.78, 5) is 36.2. The fraction of sp³-hybridized carbons (Fsp3) is 0.565. The monoisotopic (exact) mass is 496 g/mol. The number of nitrogens with one attached hydrogen (secondary N) is 1. The molecule has 35 heavy (non-hydrogen) atoms. The van der Waals surface area contributed by atoms with Crippen molar-refractivity contribution in [2.24, 2.45) is 0 Å². The number of piperazine rings is 1. The quantitative estimate of drug-likeness (QED) is 0.682. The van der Waals surface area contributed by atoms with E-state index in [-0.39, 0.29) is 17.9 Å². The third-order valence-electron chi connectivity index (χ3n) is 5.52. The van der Waals surface area contributed by atoms with Gasteiger partial charge in [0.15, 0.2) is 0 Å². The lowest BCUT2D eigenvalue weighted by atomic mass is 10.2. The number of aromatic nitrogens is 3. The number of anilines is 1. The number of rotatable bonds is 5. The number of carbonyl (C=O) groups excluding carboxylic acids is 2. The third kappa shape index (κ3) is 6.86. The van der Waals surface area contributed by atoms with Gasteiger partial charge in [0.05, 0.1) is 11.1 Å². The summed E-state index contributed by atoms with van der Waals surface area (Å²) in [6.07, 6.45) is -1.64. The molecule has 1 aliphatic heterocycles. The van der Waals surface area contributed by atoms with Crippen molar-refractivity contribution in [3.05, 3.63) is 41.5 Å². The van der Waals surface area contributed by atoms with Crippen LogP contribution >= 0.6 is 0 Å². The molecular weight excluding hydrogens is 465 g/mol. The average Bonchev–Trinajstić information content (AvgIpc) is 3.11. The minimum atomic E-state index is -4.48. The van der Waals surface area contributed by atoms with Crippen LogP contribution < -0.4 is 10.2 Å². The number of carbonyl (C=O) groups is 2. The second kappa shape index (κ2) is 10.1. The maximum atomic E-state index is 13.1. The van der Waals surface area contributed by atoms with Crippen molar-refractivity contribution in [3.8, 4) is 0 Å². The summed E-state index contributed by atoms with van der Waals surface area (Å²) in [5.74, 6) is 0.0842. The van der Waals surface area contributed by atoms with Crippen LogP contribution in [0.4, 0.5) is 23.9 Å². The Labute approximate surface area is 202 Å². The summed E-state index contributed by atoms with van der Waals surface area (Å²) in [5.41, 5.74) is -0.143. The Morgan fingerprint density at radius 3 is 2.26 bits per heavy atom. The molecular formula is C23H31F3N6O3. The molecule has 1 aliphatic rings. The summed E-state index contributed by atoms with van der Waals surface area (Å²) in [6.45, 7) is 11.2. The highest BCUT2D eigenvalue weighted by Crippen LogP contribution is 2.28. The average molecular weight is 497 g/mol. The van der Waals surface area contributed by atoms with Gasteiger partial charge in [0, 0.05) is 63.1 Å². The van der Waals surface area contributed by atoms with E-state index in [1.165, 1.54) is 0 Å². The van der Waals surface area contributed by atoms with Gasteiger partial charge in [-0.1, -0.05) is 0 Å². The summed E-state index contributed by atoms with van der Waals surface area (Å²) in [6, 6.07) is 1.54. The number of alkyl carbamates (subject to hydrolysis) is 1. The van der Waals surface area contributed by atoms with Crippen molar-refractivity contribution in [1.29, 1.82) is 0 Å². The van der Waals surface area contributed by atoms with E-state index in [1.807, 2.05) is 24.6 Å². The fourth-order valence-electron chi connectivity index (χ4n) is 3.74. The summed E-state index contributed by atoms with van der Waals surface area (Å²) < 4.78 is 45.3. The van der Waals surface area contributed by atoms with Gasteiger partial charge >= 0.3 is 12.3 Å². The van der Waals surface area contributed by atoms with E-state index in [9.17, 15) is 22.8 Å². The minimum absolute atomic E-state index is 0.123. The Balaban J connectivity index is 1.56. The number of ether oxygens (including phenoxy) is 1. The second-order valence-electron chi connectivity index (χ2n) is 9.56. The van der Waals surface area contributed by atoms with Crippen LogP contribution in [0.3, 0.4) is 0 Å². The molecule has 1 atom stereocenters. The van der Waals surface area contributed by atoms with Gasteiger partial charge in [-0.25, -0.2) is 14.8 Å². The Morgan fingerprint density at radius 2 is 1.71 bits per heavy atom. The van der Waals surface area contributed by atoms with E-state index in [0.29, 0.717) is 38.3 Å². The van der Waals surface area contributed by atoms with E-state index in [4.69, 9.17) is 4.74 Å². The molecule has 3 heterocycles. The van der Waals surface area contributed by atoms with Gasteiger partial charge in [0.2, 0.25) is 5.95 Å². The smallest absolute Gasteiger partial charge is 0.419 e. The maximum Gasteiger partial charge on any atom is 0.419 e. The highest BCUT2D eigenvalue weighted by atomic mass is 19.4. The van der Waals surface area contributed by atoms with Crippen LogP contribution in [0.2, 0.25) is 0 Å².